The minimum atomic E-state index is -2.05. The lowest BCUT2D eigenvalue weighted by molar-refractivity contribution is -0.337. The number of esters is 9. The van der Waals surface area contributed by atoms with Gasteiger partial charge < -0.3 is 75.8 Å². The van der Waals surface area contributed by atoms with Gasteiger partial charge >= 0.3 is 53.7 Å². The highest BCUT2D eigenvalue weighted by Gasteiger charge is 2.60. The van der Waals surface area contributed by atoms with E-state index in [0.717, 1.165) is 20.8 Å². The first-order chi connectivity index (χ1) is 48.0. The summed E-state index contributed by atoms with van der Waals surface area (Å²) < 4.78 is 100. The van der Waals surface area contributed by atoms with Crippen LogP contribution in [0.5, 0.6) is 0 Å². The third-order valence-corrected chi connectivity index (χ3v) is 15.7. The average Bonchev–Trinajstić information content (AvgIpc) is 1.75. The molecule has 25 heteroatoms. The lowest BCUT2D eigenvalue weighted by Crippen LogP contribution is -2.64. The van der Waals surface area contributed by atoms with Gasteiger partial charge in [0.15, 0.2) is 67.7 Å². The third-order valence-electron chi connectivity index (χ3n) is 15.7. The molecule has 0 saturated carbocycles. The van der Waals surface area contributed by atoms with Crippen molar-refractivity contribution in [1.82, 2.24) is 0 Å². The Hall–Kier alpha value is -10.5. The number of carbonyl (C=O) groups is 9. The Morgan fingerprint density at radius 2 is 0.697 bits per heavy atom. The summed E-state index contributed by atoms with van der Waals surface area (Å²) in [5.74, 6) is -8.55. The second-order valence-corrected chi connectivity index (χ2v) is 22.7. The van der Waals surface area contributed by atoms with E-state index in [1.54, 1.807) is 133 Å². The van der Waals surface area contributed by atoms with Crippen LogP contribution >= 0.6 is 0 Å². The molecule has 3 heterocycles. The first-order valence-electron chi connectivity index (χ1n) is 31.4. The van der Waals surface area contributed by atoms with Crippen molar-refractivity contribution in [2.24, 2.45) is 0 Å². The highest BCUT2D eigenvalue weighted by molar-refractivity contribution is 5.92. The van der Waals surface area contributed by atoms with E-state index in [9.17, 15) is 43.2 Å². The first-order valence-corrected chi connectivity index (χ1v) is 31.4. The lowest BCUT2D eigenvalue weighted by Gasteiger charge is -2.45. The van der Waals surface area contributed by atoms with Gasteiger partial charge in [-0.25, -0.2) is 28.8 Å². The predicted molar refractivity (Wildman–Crippen MR) is 342 cm³/mol. The van der Waals surface area contributed by atoms with Crippen molar-refractivity contribution in [3.63, 3.8) is 0 Å². The predicted octanol–water partition coefficient (Wildman–Crippen LogP) is 8.21. The van der Waals surface area contributed by atoms with Gasteiger partial charge in [-0.15, -0.1) is 0 Å². The number of hydrogen-bond donors (Lipinski definition) is 0. The Balaban J connectivity index is 1.07. The summed E-state index contributed by atoms with van der Waals surface area (Å²) >= 11 is 0. The van der Waals surface area contributed by atoms with Gasteiger partial charge in [-0.2, -0.15) is 0 Å². The van der Waals surface area contributed by atoms with Crippen LogP contribution in [0.2, 0.25) is 0 Å². The molecule has 7 aromatic carbocycles. The highest BCUT2D eigenvalue weighted by atomic mass is 16.8. The van der Waals surface area contributed by atoms with Gasteiger partial charge in [-0.1, -0.05) is 140 Å². The van der Waals surface area contributed by atoms with Gasteiger partial charge in [0.1, 0.15) is 31.0 Å². The van der Waals surface area contributed by atoms with Crippen LogP contribution in [0.3, 0.4) is 0 Å². The Morgan fingerprint density at radius 3 is 1.09 bits per heavy atom. The van der Waals surface area contributed by atoms with Gasteiger partial charge in [-0.05, 0) is 78.4 Å². The molecule has 0 aliphatic carbocycles. The van der Waals surface area contributed by atoms with E-state index in [1.165, 1.54) is 79.9 Å². The number of benzene rings is 7. The van der Waals surface area contributed by atoms with Crippen LogP contribution in [0.25, 0.3) is 0 Å². The molecule has 3 aliphatic heterocycles. The molecule has 99 heavy (non-hydrogen) atoms. The molecule has 0 N–H and O–H groups in total. The van der Waals surface area contributed by atoms with E-state index in [-0.39, 0.29) is 40.0 Å². The van der Waals surface area contributed by atoms with E-state index in [1.807, 2.05) is 6.07 Å². The molecule has 3 fully saturated rings. The number of hydrogen-bond acceptors (Lipinski definition) is 25. The fourth-order valence-corrected chi connectivity index (χ4v) is 11.1. The number of methoxy groups -OCH3 is 1. The minimum Gasteiger partial charge on any atom is -0.463 e. The second kappa shape index (κ2) is 34.6. The van der Waals surface area contributed by atoms with Crippen LogP contribution in [-0.2, 0) is 96.8 Å². The molecular weight excluding hydrogens is 1290 g/mol. The highest BCUT2D eigenvalue weighted by Crippen LogP contribution is 2.39. The zero-order chi connectivity index (χ0) is 69.8. The van der Waals surface area contributed by atoms with E-state index >= 15 is 0 Å². The van der Waals surface area contributed by atoms with Gasteiger partial charge in [0.25, 0.3) is 0 Å². The minimum absolute atomic E-state index is 0.00836. The molecule has 0 radical (unpaired) electrons. The van der Waals surface area contributed by atoms with Crippen LogP contribution in [-0.4, -0.2) is 173 Å². The molecule has 7 aromatic rings. The number of rotatable bonds is 28. The van der Waals surface area contributed by atoms with Gasteiger partial charge in [-0.3, -0.25) is 14.4 Å². The summed E-state index contributed by atoms with van der Waals surface area (Å²) in [6.07, 6.45) is -26.7. The summed E-state index contributed by atoms with van der Waals surface area (Å²) in [7, 11) is 1.23. The van der Waals surface area contributed by atoms with Crippen molar-refractivity contribution in [3.05, 3.63) is 251 Å². The monoisotopic (exact) mass is 1360 g/mol. The van der Waals surface area contributed by atoms with Crippen LogP contribution < -0.4 is 0 Å². The Morgan fingerprint density at radius 1 is 0.354 bits per heavy atom. The van der Waals surface area contributed by atoms with Crippen LogP contribution in [0.1, 0.15) is 88.5 Å². The maximum atomic E-state index is 14.6. The Labute approximate surface area is 568 Å². The smallest absolute Gasteiger partial charge is 0.338 e. The second-order valence-electron chi connectivity index (χ2n) is 22.7. The van der Waals surface area contributed by atoms with E-state index in [2.05, 4.69) is 0 Å². The van der Waals surface area contributed by atoms with Crippen molar-refractivity contribution in [3.8, 4) is 0 Å². The van der Waals surface area contributed by atoms with Crippen molar-refractivity contribution in [2.45, 2.75) is 119 Å². The van der Waals surface area contributed by atoms with Crippen LogP contribution in [0.15, 0.2) is 212 Å². The summed E-state index contributed by atoms with van der Waals surface area (Å²) in [6, 6.07) is 55.5. The molecule has 15 atom stereocenters. The fourth-order valence-electron chi connectivity index (χ4n) is 11.1. The van der Waals surface area contributed by atoms with Gasteiger partial charge in [0.05, 0.1) is 53.2 Å². The molecule has 0 aromatic heterocycles. The third kappa shape index (κ3) is 19.0. The summed E-state index contributed by atoms with van der Waals surface area (Å²) in [5.41, 5.74) is 0.986. The molecule has 0 amide bonds. The lowest BCUT2D eigenvalue weighted by atomic mass is 9.97. The van der Waals surface area contributed by atoms with Crippen molar-refractivity contribution < 1.29 is 119 Å². The zero-order valence-electron chi connectivity index (χ0n) is 53.9. The molecule has 516 valence electrons. The van der Waals surface area contributed by atoms with Crippen LogP contribution in [0, 0.1) is 0 Å². The molecule has 25 nitrogen and oxygen atoms in total. The SMILES string of the molecule is CO[C@@H]1O[C@@H]([C@@H](CO[C@@H]2O[C@H](COC(C)=O)[C@H](OC(C)=O)[C@H](O[C@@H]3O[C@@H]([C@@H](COCc4ccccc4)OC(=O)c4ccccc4)[C@H](OC(=O)c4ccccc4)[C@H]3OC(=O)c3ccccc3)[C@H]2OC(C)=O)OC(=O)c2ccccc2)[C@H](OC(=O)c2ccccc2)[C@H]1OC(=O)c1ccccc1. The van der Waals surface area contributed by atoms with Gasteiger partial charge in [0, 0.05) is 27.9 Å². The maximum Gasteiger partial charge on any atom is 0.338 e. The topological polar surface area (TPSA) is 301 Å². The van der Waals surface area contributed by atoms with E-state index in [4.69, 9.17) is 75.8 Å². The van der Waals surface area contributed by atoms with Crippen molar-refractivity contribution in [1.29, 1.82) is 0 Å². The van der Waals surface area contributed by atoms with E-state index in [0.29, 0.717) is 5.56 Å². The normalized spacial score (nSPS) is 23.7. The fraction of sp³-hybridized carbons (Fsp3) is 0.311. The quantitative estimate of drug-likeness (QED) is 0.0329. The Kier molecular flexibility index (Phi) is 24.9. The van der Waals surface area contributed by atoms with Crippen molar-refractivity contribution >= 4 is 53.7 Å². The average molecular weight is 1360 g/mol. The first kappa shape index (κ1) is 71.3. The summed E-state index contributed by atoms with van der Waals surface area (Å²) in [5, 5.41) is 0. The Bertz CT molecular complexity index is 3830. The zero-order valence-corrected chi connectivity index (χ0v) is 53.9. The molecule has 3 aliphatic rings. The number of carbonyl (C=O) groups excluding carboxylic acids is 9. The standard InChI is InChI=1S/C74H70O25/c1-44(75)86-42-56-57(88-45(2)76)62(99-74-65(96-71(83)53-38-24-11-25-39-53)61(94-69(81)51-34-20-9-21-35-51)58(98-74)54(41-85-40-47-26-12-5-13-27-47)90-66(78)48-28-14-6-15-29-48)64(89-46(3)77)73(92-56)87-43-55(91-67(79)49-30-16-7-17-31-49)59-60(93-68(80)50-32-18-8-19-33-50)63(72(84-4)97-59)95-70(82)52-36-22-10-23-37-52/h5-39,54-65,72-74H,40-43H2,1-4H3/t54-,55-,56-,57+,58+,59+,60+,61+,62+,63-,64-,65-,72-,73-,74+/m1/s1. The maximum absolute atomic E-state index is 14.6. The molecule has 0 spiro atoms. The largest absolute Gasteiger partial charge is 0.463 e. The molecule has 10 rings (SSSR count). The molecular formula is C74H70O25. The summed E-state index contributed by atoms with van der Waals surface area (Å²) in [4.78, 5) is 126. The molecule has 0 bridgehead atoms. The van der Waals surface area contributed by atoms with Gasteiger partial charge in [0.2, 0.25) is 0 Å². The molecule has 3 saturated heterocycles. The van der Waals surface area contributed by atoms with Crippen molar-refractivity contribution in [2.75, 3.05) is 26.9 Å². The van der Waals surface area contributed by atoms with E-state index < -0.39 is 166 Å². The summed E-state index contributed by atoms with van der Waals surface area (Å²) in [6.45, 7) is 0.997. The molecule has 0 unspecified atom stereocenters. The number of ether oxygens (including phenoxy) is 16. The van der Waals surface area contributed by atoms with Crippen LogP contribution in [0.4, 0.5) is 0 Å².